The van der Waals surface area contributed by atoms with Crippen molar-refractivity contribution in [2.45, 2.75) is 38.8 Å². The lowest BCUT2D eigenvalue weighted by atomic mass is 10.0. The molecule has 1 atom stereocenters. The number of hydrogen-bond donors (Lipinski definition) is 0. The van der Waals surface area contributed by atoms with Crippen molar-refractivity contribution in [2.24, 2.45) is 0 Å². The zero-order valence-electron chi connectivity index (χ0n) is 9.43. The van der Waals surface area contributed by atoms with E-state index >= 15 is 0 Å². The summed E-state index contributed by atoms with van der Waals surface area (Å²) in [4.78, 5) is 2.26. The molecule has 0 radical (unpaired) electrons. The molecule has 1 unspecified atom stereocenters. The highest BCUT2D eigenvalue weighted by molar-refractivity contribution is 6.18. The normalized spacial score (nSPS) is 15.0. The minimum Gasteiger partial charge on any atom is -0.379 e. The Morgan fingerprint density at radius 1 is 1.46 bits per heavy atom. The molecule has 80 valence electrons. The second-order valence-electron chi connectivity index (χ2n) is 4.20. The number of hydrogen-bond acceptors (Lipinski definition) is 2. The molecular formula is C10H22ClNO. The Balaban J connectivity index is 3.75. The summed E-state index contributed by atoms with van der Waals surface area (Å²) in [5.74, 6) is 0.684. The molecule has 0 aliphatic rings. The zero-order chi connectivity index (χ0) is 10.5. The molecule has 3 heteroatoms. The van der Waals surface area contributed by atoms with E-state index in [1.165, 1.54) is 0 Å². The van der Waals surface area contributed by atoms with E-state index in [9.17, 15) is 0 Å². The lowest BCUT2D eigenvalue weighted by Gasteiger charge is -2.28. The summed E-state index contributed by atoms with van der Waals surface area (Å²) < 4.78 is 5.34. The molecule has 0 aliphatic heterocycles. The van der Waals surface area contributed by atoms with Crippen molar-refractivity contribution in [3.63, 3.8) is 0 Å². The van der Waals surface area contributed by atoms with Gasteiger partial charge in [0, 0.05) is 25.6 Å². The smallest absolute Gasteiger partial charge is 0.0634 e. The first-order valence-corrected chi connectivity index (χ1v) is 5.27. The van der Waals surface area contributed by atoms with E-state index in [1.54, 1.807) is 7.11 Å². The molecule has 0 N–H and O–H groups in total. The van der Waals surface area contributed by atoms with Crippen LogP contribution in [0.4, 0.5) is 0 Å². The highest BCUT2D eigenvalue weighted by atomic mass is 35.5. The van der Waals surface area contributed by atoms with Gasteiger partial charge in [-0.2, -0.15) is 0 Å². The van der Waals surface area contributed by atoms with Gasteiger partial charge in [0.1, 0.15) is 0 Å². The Hall–Kier alpha value is 0.210. The van der Waals surface area contributed by atoms with Gasteiger partial charge in [0.05, 0.1) is 5.60 Å². The van der Waals surface area contributed by atoms with E-state index in [1.807, 2.05) is 0 Å². The standard InChI is InChI=1S/C10H22ClNO/c1-9(8-11)12(4)7-6-10(2,3)13-5/h9H,6-8H2,1-5H3. The van der Waals surface area contributed by atoms with E-state index in [0.717, 1.165) is 13.0 Å². The molecule has 0 aromatic carbocycles. The van der Waals surface area contributed by atoms with Crippen LogP contribution in [0.3, 0.4) is 0 Å². The second-order valence-corrected chi connectivity index (χ2v) is 4.51. The fraction of sp³-hybridized carbons (Fsp3) is 1.00. The van der Waals surface area contributed by atoms with Crippen LogP contribution in [0.1, 0.15) is 27.2 Å². The molecular weight excluding hydrogens is 186 g/mol. The second kappa shape index (κ2) is 5.84. The van der Waals surface area contributed by atoms with Gasteiger partial charge >= 0.3 is 0 Å². The number of ether oxygens (including phenoxy) is 1. The lowest BCUT2D eigenvalue weighted by Crippen LogP contribution is -2.35. The largest absolute Gasteiger partial charge is 0.379 e. The summed E-state index contributed by atoms with van der Waals surface area (Å²) >= 11 is 5.76. The zero-order valence-corrected chi connectivity index (χ0v) is 10.2. The maximum atomic E-state index is 5.76. The van der Waals surface area contributed by atoms with Gasteiger partial charge in [-0.1, -0.05) is 0 Å². The summed E-state index contributed by atoms with van der Waals surface area (Å²) in [6.45, 7) is 7.36. The van der Waals surface area contributed by atoms with Crippen LogP contribution in [0, 0.1) is 0 Å². The average Bonchev–Trinajstić information content (AvgIpc) is 2.13. The van der Waals surface area contributed by atoms with Crippen LogP contribution in [0.2, 0.25) is 0 Å². The fourth-order valence-electron chi connectivity index (χ4n) is 0.886. The third-order valence-electron chi connectivity index (χ3n) is 2.59. The van der Waals surface area contributed by atoms with Crippen molar-refractivity contribution < 1.29 is 4.74 Å². The van der Waals surface area contributed by atoms with E-state index in [4.69, 9.17) is 16.3 Å². The molecule has 0 spiro atoms. The summed E-state index contributed by atoms with van der Waals surface area (Å²) in [6.07, 6.45) is 1.03. The van der Waals surface area contributed by atoms with E-state index in [2.05, 4.69) is 32.7 Å². The molecule has 13 heavy (non-hydrogen) atoms. The molecule has 2 nitrogen and oxygen atoms in total. The highest BCUT2D eigenvalue weighted by Gasteiger charge is 2.18. The Labute approximate surface area is 87.2 Å². The van der Waals surface area contributed by atoms with Crippen molar-refractivity contribution in [1.82, 2.24) is 4.90 Å². The number of halogens is 1. The van der Waals surface area contributed by atoms with Gasteiger partial charge < -0.3 is 9.64 Å². The molecule has 0 fully saturated rings. The predicted molar refractivity (Wildman–Crippen MR) is 58.5 cm³/mol. The molecule has 0 heterocycles. The van der Waals surface area contributed by atoms with Gasteiger partial charge in [0.15, 0.2) is 0 Å². The van der Waals surface area contributed by atoms with Crippen molar-refractivity contribution in [2.75, 3.05) is 26.6 Å². The van der Waals surface area contributed by atoms with Crippen LogP contribution in [-0.2, 0) is 4.74 Å². The van der Waals surface area contributed by atoms with Crippen LogP contribution in [0.15, 0.2) is 0 Å². The van der Waals surface area contributed by atoms with Gasteiger partial charge in [-0.25, -0.2) is 0 Å². The molecule has 0 aromatic rings. The predicted octanol–water partition coefficient (Wildman–Crippen LogP) is 2.36. The van der Waals surface area contributed by atoms with Crippen LogP contribution in [-0.4, -0.2) is 43.1 Å². The summed E-state index contributed by atoms with van der Waals surface area (Å²) in [5.41, 5.74) is -0.0275. The molecule has 0 aliphatic carbocycles. The van der Waals surface area contributed by atoms with E-state index in [-0.39, 0.29) is 5.60 Å². The molecule has 0 bridgehead atoms. The third-order valence-corrected chi connectivity index (χ3v) is 3.04. The maximum Gasteiger partial charge on any atom is 0.0634 e. The number of alkyl halides is 1. The number of nitrogens with zero attached hydrogens (tertiary/aromatic N) is 1. The van der Waals surface area contributed by atoms with Crippen LogP contribution in [0.5, 0.6) is 0 Å². The summed E-state index contributed by atoms with van der Waals surface area (Å²) in [5, 5.41) is 0. The number of rotatable bonds is 6. The molecule has 0 rings (SSSR count). The maximum absolute atomic E-state index is 5.76. The molecule has 0 saturated carbocycles. The van der Waals surface area contributed by atoms with E-state index < -0.39 is 0 Å². The van der Waals surface area contributed by atoms with Crippen molar-refractivity contribution >= 4 is 11.6 Å². The third kappa shape index (κ3) is 5.50. The minimum atomic E-state index is -0.0275. The molecule has 0 saturated heterocycles. The lowest BCUT2D eigenvalue weighted by molar-refractivity contribution is 0.00745. The summed E-state index contributed by atoms with van der Waals surface area (Å²) in [7, 11) is 3.85. The van der Waals surface area contributed by atoms with Crippen molar-refractivity contribution in [3.8, 4) is 0 Å². The van der Waals surface area contributed by atoms with Crippen LogP contribution < -0.4 is 0 Å². The first-order chi connectivity index (χ1) is 5.93. The first kappa shape index (κ1) is 13.2. The van der Waals surface area contributed by atoms with Gasteiger partial charge in [0.25, 0.3) is 0 Å². The number of methoxy groups -OCH3 is 1. The molecule has 0 aromatic heterocycles. The van der Waals surface area contributed by atoms with Crippen molar-refractivity contribution in [3.05, 3.63) is 0 Å². The first-order valence-electron chi connectivity index (χ1n) is 4.74. The Kier molecular flexibility index (Phi) is 5.93. The fourth-order valence-corrected chi connectivity index (χ4v) is 1.12. The quantitative estimate of drug-likeness (QED) is 0.621. The monoisotopic (exact) mass is 207 g/mol. The summed E-state index contributed by atoms with van der Waals surface area (Å²) in [6, 6.07) is 0.439. The SMILES string of the molecule is COC(C)(C)CCN(C)C(C)CCl. The average molecular weight is 208 g/mol. The Morgan fingerprint density at radius 3 is 2.38 bits per heavy atom. The van der Waals surface area contributed by atoms with Gasteiger partial charge in [0.2, 0.25) is 0 Å². The Bertz CT molecular complexity index is 139. The van der Waals surface area contributed by atoms with Crippen LogP contribution >= 0.6 is 11.6 Å². The van der Waals surface area contributed by atoms with Gasteiger partial charge in [-0.3, -0.25) is 0 Å². The van der Waals surface area contributed by atoms with Crippen LogP contribution in [0.25, 0.3) is 0 Å². The molecule has 0 amide bonds. The topological polar surface area (TPSA) is 12.5 Å². The Morgan fingerprint density at radius 2 is 2.00 bits per heavy atom. The van der Waals surface area contributed by atoms with E-state index in [0.29, 0.717) is 11.9 Å². The van der Waals surface area contributed by atoms with Gasteiger partial charge in [-0.15, -0.1) is 11.6 Å². The van der Waals surface area contributed by atoms with Crippen molar-refractivity contribution in [1.29, 1.82) is 0 Å². The van der Waals surface area contributed by atoms with Gasteiger partial charge in [-0.05, 0) is 34.2 Å². The highest BCUT2D eigenvalue weighted by Crippen LogP contribution is 2.14. The minimum absolute atomic E-state index is 0.0275.